The minimum Gasteiger partial charge on any atom is -0.382 e. The summed E-state index contributed by atoms with van der Waals surface area (Å²) in [6.45, 7) is 0. The summed E-state index contributed by atoms with van der Waals surface area (Å²) in [5, 5.41) is 2.41. The first-order valence-electron chi connectivity index (χ1n) is 5.42. The molecule has 0 aliphatic heterocycles. The molecule has 0 atom stereocenters. The highest BCUT2D eigenvalue weighted by Crippen LogP contribution is 2.29. The van der Waals surface area contributed by atoms with Crippen LogP contribution in [0.25, 0.3) is 0 Å². The number of nitrogens with zero attached hydrogens (tertiary/aromatic N) is 2. The van der Waals surface area contributed by atoms with Gasteiger partial charge in [-0.2, -0.15) is 13.2 Å². The van der Waals surface area contributed by atoms with E-state index in [4.69, 9.17) is 5.73 Å². The summed E-state index contributed by atoms with van der Waals surface area (Å²) in [7, 11) is 0. The van der Waals surface area contributed by atoms with E-state index in [0.717, 1.165) is 24.3 Å². The summed E-state index contributed by atoms with van der Waals surface area (Å²) in [6.07, 6.45) is -2.03. The Morgan fingerprint density at radius 3 is 2.25 bits per heavy atom. The second-order valence-corrected chi connectivity index (χ2v) is 3.86. The smallest absolute Gasteiger partial charge is 0.382 e. The van der Waals surface area contributed by atoms with E-state index in [-0.39, 0.29) is 17.2 Å². The number of halogens is 3. The first-order valence-corrected chi connectivity index (χ1v) is 5.42. The van der Waals surface area contributed by atoms with Gasteiger partial charge in [0.1, 0.15) is 11.5 Å². The molecular formula is C12H9F3N4O. The first-order chi connectivity index (χ1) is 9.36. The van der Waals surface area contributed by atoms with Crippen LogP contribution in [-0.2, 0) is 6.18 Å². The topological polar surface area (TPSA) is 80.9 Å². The van der Waals surface area contributed by atoms with Crippen LogP contribution in [-0.4, -0.2) is 15.9 Å². The van der Waals surface area contributed by atoms with E-state index in [1.54, 1.807) is 0 Å². The monoisotopic (exact) mass is 282 g/mol. The Hall–Kier alpha value is -2.64. The Morgan fingerprint density at radius 2 is 1.75 bits per heavy atom. The van der Waals surface area contributed by atoms with Gasteiger partial charge in [-0.05, 0) is 24.3 Å². The van der Waals surface area contributed by atoms with Crippen LogP contribution in [0.5, 0.6) is 0 Å². The lowest BCUT2D eigenvalue weighted by atomic mass is 10.2. The van der Waals surface area contributed by atoms with Gasteiger partial charge in [-0.1, -0.05) is 0 Å². The van der Waals surface area contributed by atoms with Crippen molar-refractivity contribution in [3.63, 3.8) is 0 Å². The maximum atomic E-state index is 12.4. The Balaban J connectivity index is 2.10. The summed E-state index contributed by atoms with van der Waals surface area (Å²) in [5.41, 5.74) is 4.77. The minimum absolute atomic E-state index is 0.0131. The van der Waals surface area contributed by atoms with Gasteiger partial charge in [0, 0.05) is 5.69 Å². The molecule has 1 aromatic heterocycles. The third-order valence-electron chi connectivity index (χ3n) is 2.37. The fourth-order valence-corrected chi connectivity index (χ4v) is 1.39. The van der Waals surface area contributed by atoms with E-state index < -0.39 is 17.6 Å². The van der Waals surface area contributed by atoms with Crippen LogP contribution >= 0.6 is 0 Å². The molecule has 8 heteroatoms. The largest absolute Gasteiger partial charge is 0.416 e. The van der Waals surface area contributed by atoms with Crippen LogP contribution in [0.2, 0.25) is 0 Å². The third kappa shape index (κ3) is 3.22. The molecule has 0 aliphatic carbocycles. The molecule has 2 rings (SSSR count). The van der Waals surface area contributed by atoms with Crippen molar-refractivity contribution in [1.82, 2.24) is 9.97 Å². The maximum absolute atomic E-state index is 12.4. The average molecular weight is 282 g/mol. The number of nitrogens with two attached hydrogens (primary N) is 1. The Bertz CT molecular complexity index is 608. The predicted molar refractivity (Wildman–Crippen MR) is 65.8 cm³/mol. The second kappa shape index (κ2) is 5.16. The van der Waals surface area contributed by atoms with Crippen LogP contribution in [0.3, 0.4) is 0 Å². The van der Waals surface area contributed by atoms with Crippen molar-refractivity contribution >= 4 is 17.4 Å². The summed E-state index contributed by atoms with van der Waals surface area (Å²) in [6, 6.07) is 4.07. The SMILES string of the molecule is Nc1cnc(C(=O)Nc2ccc(C(F)(F)F)cc2)cn1. The molecule has 0 aliphatic rings. The molecule has 104 valence electrons. The second-order valence-electron chi connectivity index (χ2n) is 3.86. The normalized spacial score (nSPS) is 11.2. The minimum atomic E-state index is -4.41. The molecule has 3 N–H and O–H groups in total. The molecule has 0 unspecified atom stereocenters. The van der Waals surface area contributed by atoms with Gasteiger partial charge < -0.3 is 11.1 Å². The Morgan fingerprint density at radius 1 is 1.10 bits per heavy atom. The molecule has 0 saturated carbocycles. The molecule has 0 saturated heterocycles. The van der Waals surface area contributed by atoms with Crippen molar-refractivity contribution < 1.29 is 18.0 Å². The number of carbonyl (C=O) groups excluding carboxylic acids is 1. The van der Waals surface area contributed by atoms with Crippen LogP contribution in [0.4, 0.5) is 24.7 Å². The van der Waals surface area contributed by atoms with E-state index in [0.29, 0.717) is 0 Å². The van der Waals surface area contributed by atoms with Crippen molar-refractivity contribution in [2.24, 2.45) is 0 Å². The predicted octanol–water partition coefficient (Wildman–Crippen LogP) is 2.33. The fraction of sp³-hybridized carbons (Fsp3) is 0.0833. The van der Waals surface area contributed by atoms with Crippen LogP contribution < -0.4 is 11.1 Å². The standard InChI is InChI=1S/C12H9F3N4O/c13-12(14,15)7-1-3-8(4-2-7)19-11(20)9-5-18-10(16)6-17-9/h1-6H,(H2,16,18)(H,19,20). The number of amides is 1. The van der Waals surface area contributed by atoms with Crippen molar-refractivity contribution in [2.75, 3.05) is 11.1 Å². The van der Waals surface area contributed by atoms with Gasteiger partial charge in [0.25, 0.3) is 5.91 Å². The number of hydrogen-bond acceptors (Lipinski definition) is 4. The number of hydrogen-bond donors (Lipinski definition) is 2. The molecule has 0 spiro atoms. The van der Waals surface area contributed by atoms with Crippen molar-refractivity contribution in [1.29, 1.82) is 0 Å². The number of nitrogen functional groups attached to an aromatic ring is 1. The van der Waals surface area contributed by atoms with Crippen molar-refractivity contribution in [3.8, 4) is 0 Å². The Labute approximate surface area is 111 Å². The quantitative estimate of drug-likeness (QED) is 0.885. The number of nitrogens with one attached hydrogen (secondary N) is 1. The Kier molecular flexibility index (Phi) is 3.55. The molecule has 1 amide bonds. The maximum Gasteiger partial charge on any atom is 0.416 e. The average Bonchev–Trinajstić information content (AvgIpc) is 2.39. The number of carbonyl (C=O) groups is 1. The zero-order valence-corrected chi connectivity index (χ0v) is 9.98. The molecule has 5 nitrogen and oxygen atoms in total. The third-order valence-corrected chi connectivity index (χ3v) is 2.37. The van der Waals surface area contributed by atoms with Crippen LogP contribution in [0.15, 0.2) is 36.7 Å². The van der Waals surface area contributed by atoms with E-state index >= 15 is 0 Å². The van der Waals surface area contributed by atoms with E-state index in [1.807, 2.05) is 0 Å². The van der Waals surface area contributed by atoms with Gasteiger partial charge in [-0.15, -0.1) is 0 Å². The number of rotatable bonds is 2. The van der Waals surface area contributed by atoms with Crippen LogP contribution in [0, 0.1) is 0 Å². The molecular weight excluding hydrogens is 273 g/mol. The molecule has 1 heterocycles. The highest BCUT2D eigenvalue weighted by molar-refractivity contribution is 6.02. The molecule has 0 fully saturated rings. The molecule has 0 radical (unpaired) electrons. The van der Waals surface area contributed by atoms with Gasteiger partial charge in [0.15, 0.2) is 0 Å². The lowest BCUT2D eigenvalue weighted by molar-refractivity contribution is -0.137. The van der Waals surface area contributed by atoms with Gasteiger partial charge in [-0.3, -0.25) is 4.79 Å². The fourth-order valence-electron chi connectivity index (χ4n) is 1.39. The van der Waals surface area contributed by atoms with Crippen LogP contribution in [0.1, 0.15) is 16.1 Å². The highest BCUT2D eigenvalue weighted by Gasteiger charge is 2.29. The van der Waals surface area contributed by atoms with E-state index in [9.17, 15) is 18.0 Å². The summed E-state index contributed by atoms with van der Waals surface area (Å²) < 4.78 is 37.1. The summed E-state index contributed by atoms with van der Waals surface area (Å²) in [5.74, 6) is -0.423. The number of aromatic nitrogens is 2. The lowest BCUT2D eigenvalue weighted by Crippen LogP contribution is -2.14. The van der Waals surface area contributed by atoms with Gasteiger partial charge in [-0.25, -0.2) is 9.97 Å². The van der Waals surface area contributed by atoms with Crippen molar-refractivity contribution in [3.05, 3.63) is 47.9 Å². The summed E-state index contributed by atoms with van der Waals surface area (Å²) in [4.78, 5) is 19.2. The number of alkyl halides is 3. The molecule has 0 bridgehead atoms. The molecule has 2 aromatic rings. The number of anilines is 2. The highest BCUT2D eigenvalue weighted by atomic mass is 19.4. The molecule has 20 heavy (non-hydrogen) atoms. The zero-order valence-electron chi connectivity index (χ0n) is 9.98. The van der Waals surface area contributed by atoms with Gasteiger partial charge in [0.2, 0.25) is 0 Å². The first kappa shape index (κ1) is 13.8. The van der Waals surface area contributed by atoms with Gasteiger partial charge in [0.05, 0.1) is 18.0 Å². The summed E-state index contributed by atoms with van der Waals surface area (Å²) >= 11 is 0. The van der Waals surface area contributed by atoms with Gasteiger partial charge >= 0.3 is 6.18 Å². The van der Waals surface area contributed by atoms with E-state index in [1.165, 1.54) is 12.4 Å². The lowest BCUT2D eigenvalue weighted by Gasteiger charge is -2.08. The zero-order chi connectivity index (χ0) is 14.8. The van der Waals surface area contributed by atoms with E-state index in [2.05, 4.69) is 15.3 Å². The number of benzene rings is 1. The van der Waals surface area contributed by atoms with Crippen molar-refractivity contribution in [2.45, 2.75) is 6.18 Å². The molecule has 1 aromatic carbocycles.